The van der Waals surface area contributed by atoms with Gasteiger partial charge in [0.1, 0.15) is 12.4 Å². The summed E-state index contributed by atoms with van der Waals surface area (Å²) in [5.74, 6) is -0.248. The van der Waals surface area contributed by atoms with Crippen molar-refractivity contribution in [3.05, 3.63) is 23.5 Å². The predicted octanol–water partition coefficient (Wildman–Crippen LogP) is 1.60. The van der Waals surface area contributed by atoms with E-state index in [0.717, 1.165) is 11.4 Å². The molecule has 1 aromatic rings. The number of carbonyl (C=O) groups is 1. The summed E-state index contributed by atoms with van der Waals surface area (Å²) in [6.07, 6.45) is 0. The van der Waals surface area contributed by atoms with Crippen LogP contribution in [0.2, 0.25) is 0 Å². The summed E-state index contributed by atoms with van der Waals surface area (Å²) in [5.41, 5.74) is 0.783. The third-order valence-electron chi connectivity index (χ3n) is 2.58. The number of pyridine rings is 1. The van der Waals surface area contributed by atoms with Crippen molar-refractivity contribution in [3.63, 3.8) is 0 Å². The van der Waals surface area contributed by atoms with Crippen LogP contribution in [-0.2, 0) is 11.3 Å². The van der Waals surface area contributed by atoms with E-state index in [4.69, 9.17) is 9.84 Å². The number of aryl methyl sites for hydroxylation is 1. The molecule has 2 N–H and O–H groups in total. The minimum absolute atomic E-state index is 0.115. The molecule has 0 atom stereocenters. The highest BCUT2D eigenvalue weighted by Crippen LogP contribution is 2.21. The first-order valence-electron chi connectivity index (χ1n) is 5.84. The van der Waals surface area contributed by atoms with Gasteiger partial charge in [0.25, 0.3) is 0 Å². The molecule has 0 aliphatic rings. The summed E-state index contributed by atoms with van der Waals surface area (Å²) < 4.78 is 5.59. The maximum absolute atomic E-state index is 11.0. The van der Waals surface area contributed by atoms with Crippen LogP contribution in [0, 0.1) is 12.3 Å². The third kappa shape index (κ3) is 3.70. The van der Waals surface area contributed by atoms with Gasteiger partial charge < -0.3 is 15.2 Å². The molecule has 1 aromatic heterocycles. The van der Waals surface area contributed by atoms with Crippen molar-refractivity contribution in [2.24, 2.45) is 5.41 Å². The lowest BCUT2D eigenvalue weighted by Gasteiger charge is -2.20. The number of hydrogen-bond donors (Lipinski definition) is 2. The molecular formula is C13H20N2O3. The highest BCUT2D eigenvalue weighted by Gasteiger charge is 2.28. The van der Waals surface area contributed by atoms with Crippen LogP contribution in [0.15, 0.2) is 12.1 Å². The van der Waals surface area contributed by atoms with E-state index in [0.29, 0.717) is 12.3 Å². The van der Waals surface area contributed by atoms with Crippen molar-refractivity contribution in [3.8, 4) is 5.75 Å². The summed E-state index contributed by atoms with van der Waals surface area (Å²) in [6.45, 7) is 5.88. The molecule has 0 aromatic carbocycles. The van der Waals surface area contributed by atoms with Crippen LogP contribution < -0.4 is 10.1 Å². The number of nitrogens with zero attached hydrogens (tertiary/aromatic N) is 1. The van der Waals surface area contributed by atoms with E-state index in [1.165, 1.54) is 0 Å². The Morgan fingerprint density at radius 3 is 2.72 bits per heavy atom. The number of hydrogen-bond acceptors (Lipinski definition) is 4. The van der Waals surface area contributed by atoms with Crippen LogP contribution in [0.25, 0.3) is 0 Å². The topological polar surface area (TPSA) is 71.5 Å². The molecule has 0 unspecified atom stereocenters. The van der Waals surface area contributed by atoms with Crippen molar-refractivity contribution in [2.75, 3.05) is 13.7 Å². The van der Waals surface area contributed by atoms with E-state index in [1.54, 1.807) is 13.8 Å². The normalized spacial score (nSPS) is 11.3. The van der Waals surface area contributed by atoms with Gasteiger partial charge in [0.2, 0.25) is 0 Å². The maximum atomic E-state index is 11.0. The van der Waals surface area contributed by atoms with Gasteiger partial charge in [0.05, 0.1) is 11.1 Å². The average Bonchev–Trinajstić information content (AvgIpc) is 2.28. The second-order valence-electron chi connectivity index (χ2n) is 4.91. The monoisotopic (exact) mass is 252 g/mol. The Labute approximate surface area is 107 Å². The van der Waals surface area contributed by atoms with Crippen molar-refractivity contribution in [1.29, 1.82) is 0 Å². The zero-order chi connectivity index (χ0) is 13.8. The van der Waals surface area contributed by atoms with Crippen molar-refractivity contribution in [2.45, 2.75) is 27.3 Å². The first-order valence-corrected chi connectivity index (χ1v) is 5.84. The second kappa shape index (κ2) is 5.82. The Hall–Kier alpha value is -1.62. The Morgan fingerprint density at radius 1 is 1.50 bits per heavy atom. The Morgan fingerprint density at radius 2 is 2.17 bits per heavy atom. The standard InChI is InChI=1S/C13H20N2O3/c1-9-5-6-11(10(15-9)7-14-4)18-8-13(2,3)12(16)17/h5-6,14H,7-8H2,1-4H3,(H,16,17). The number of ether oxygens (including phenoxy) is 1. The van der Waals surface area contributed by atoms with E-state index in [9.17, 15) is 4.79 Å². The van der Waals surface area contributed by atoms with Gasteiger partial charge in [0, 0.05) is 12.2 Å². The molecule has 0 amide bonds. The fraction of sp³-hybridized carbons (Fsp3) is 0.538. The Balaban J connectivity index is 2.81. The minimum atomic E-state index is -0.915. The van der Waals surface area contributed by atoms with Crippen molar-refractivity contribution >= 4 is 5.97 Å². The van der Waals surface area contributed by atoms with E-state index in [-0.39, 0.29) is 6.61 Å². The number of rotatable bonds is 6. The summed E-state index contributed by atoms with van der Waals surface area (Å²) in [4.78, 5) is 15.4. The first kappa shape index (κ1) is 14.4. The van der Waals surface area contributed by atoms with Gasteiger partial charge in [-0.1, -0.05) is 0 Å². The number of carboxylic acid groups (broad SMARTS) is 1. The molecule has 0 aliphatic heterocycles. The molecule has 0 bridgehead atoms. The smallest absolute Gasteiger partial charge is 0.312 e. The van der Waals surface area contributed by atoms with Crippen molar-refractivity contribution in [1.82, 2.24) is 10.3 Å². The zero-order valence-electron chi connectivity index (χ0n) is 11.3. The molecule has 5 heteroatoms. The minimum Gasteiger partial charge on any atom is -0.490 e. The highest BCUT2D eigenvalue weighted by atomic mass is 16.5. The van der Waals surface area contributed by atoms with Crippen LogP contribution in [0.4, 0.5) is 0 Å². The largest absolute Gasteiger partial charge is 0.490 e. The van der Waals surface area contributed by atoms with Gasteiger partial charge in [-0.15, -0.1) is 0 Å². The lowest BCUT2D eigenvalue weighted by molar-refractivity contribution is -0.148. The highest BCUT2D eigenvalue weighted by molar-refractivity contribution is 5.73. The van der Waals surface area contributed by atoms with Crippen LogP contribution in [0.5, 0.6) is 5.75 Å². The predicted molar refractivity (Wildman–Crippen MR) is 68.6 cm³/mol. The maximum Gasteiger partial charge on any atom is 0.312 e. The van der Waals surface area contributed by atoms with E-state index >= 15 is 0 Å². The van der Waals surface area contributed by atoms with Gasteiger partial charge in [-0.3, -0.25) is 9.78 Å². The summed E-state index contributed by atoms with van der Waals surface area (Å²) in [6, 6.07) is 3.68. The Kier molecular flexibility index (Phi) is 4.67. The zero-order valence-corrected chi connectivity index (χ0v) is 11.3. The second-order valence-corrected chi connectivity index (χ2v) is 4.91. The molecular weight excluding hydrogens is 232 g/mol. The van der Waals surface area contributed by atoms with Crippen LogP contribution in [0.1, 0.15) is 25.2 Å². The molecule has 0 fully saturated rings. The number of aliphatic carboxylic acids is 1. The molecule has 1 rings (SSSR count). The Bertz CT molecular complexity index is 430. The lowest BCUT2D eigenvalue weighted by Crippen LogP contribution is -2.31. The molecule has 0 aliphatic carbocycles. The van der Waals surface area contributed by atoms with Gasteiger partial charge in [-0.05, 0) is 40.0 Å². The van der Waals surface area contributed by atoms with Gasteiger partial charge >= 0.3 is 5.97 Å². The number of aromatic nitrogens is 1. The van der Waals surface area contributed by atoms with Gasteiger partial charge in [-0.2, -0.15) is 0 Å². The van der Waals surface area contributed by atoms with Gasteiger partial charge in [0.15, 0.2) is 0 Å². The molecule has 0 saturated heterocycles. The van der Waals surface area contributed by atoms with Crippen LogP contribution in [0.3, 0.4) is 0 Å². The lowest BCUT2D eigenvalue weighted by atomic mass is 9.95. The van der Waals surface area contributed by atoms with E-state index in [1.807, 2.05) is 26.1 Å². The number of carboxylic acids is 1. The van der Waals surface area contributed by atoms with Gasteiger partial charge in [-0.25, -0.2) is 0 Å². The van der Waals surface area contributed by atoms with Crippen molar-refractivity contribution < 1.29 is 14.6 Å². The molecule has 1 heterocycles. The molecule has 0 spiro atoms. The third-order valence-corrected chi connectivity index (χ3v) is 2.58. The molecule has 0 saturated carbocycles. The molecule has 0 radical (unpaired) electrons. The summed E-state index contributed by atoms with van der Waals surface area (Å²) in [5, 5.41) is 12.0. The fourth-order valence-electron chi connectivity index (χ4n) is 1.34. The molecule has 18 heavy (non-hydrogen) atoms. The molecule has 5 nitrogen and oxygen atoms in total. The average molecular weight is 252 g/mol. The van der Waals surface area contributed by atoms with E-state index < -0.39 is 11.4 Å². The molecule has 100 valence electrons. The van der Waals surface area contributed by atoms with Crippen LogP contribution >= 0.6 is 0 Å². The van der Waals surface area contributed by atoms with Crippen LogP contribution in [-0.4, -0.2) is 29.7 Å². The van der Waals surface area contributed by atoms with E-state index in [2.05, 4.69) is 10.3 Å². The SMILES string of the molecule is CNCc1nc(C)ccc1OCC(C)(C)C(=O)O. The summed E-state index contributed by atoms with van der Waals surface area (Å²) in [7, 11) is 1.83. The summed E-state index contributed by atoms with van der Waals surface area (Å²) >= 11 is 0. The first-order chi connectivity index (χ1) is 8.36. The number of nitrogens with one attached hydrogen (secondary N) is 1. The fourth-order valence-corrected chi connectivity index (χ4v) is 1.34. The quantitative estimate of drug-likeness (QED) is 0.804.